The summed E-state index contributed by atoms with van der Waals surface area (Å²) >= 11 is 11.6. The lowest BCUT2D eigenvalue weighted by molar-refractivity contribution is -0.137. The first-order valence-electron chi connectivity index (χ1n) is 8.98. The summed E-state index contributed by atoms with van der Waals surface area (Å²) in [5.74, 6) is 1.61. The summed E-state index contributed by atoms with van der Waals surface area (Å²) in [6, 6.07) is 6.25. The molecule has 0 amide bonds. The van der Waals surface area contributed by atoms with Crippen LogP contribution in [0.4, 0.5) is 24.7 Å². The number of alkyl halides is 3. The molecule has 0 atom stereocenters. The Hall–Kier alpha value is -2.46. The zero-order valence-corrected chi connectivity index (χ0v) is 17.9. The second-order valence-corrected chi connectivity index (χ2v) is 7.29. The van der Waals surface area contributed by atoms with Crippen molar-refractivity contribution >= 4 is 40.4 Å². The van der Waals surface area contributed by atoms with Crippen LogP contribution in [0.2, 0.25) is 5.02 Å². The molecule has 0 unspecified atom stereocenters. The van der Waals surface area contributed by atoms with Crippen molar-refractivity contribution in [3.63, 3.8) is 0 Å². The molecular formula is C19H20ClF3N4O2S. The van der Waals surface area contributed by atoms with Gasteiger partial charge in [0, 0.05) is 38.4 Å². The number of ether oxygens (including phenoxy) is 2. The van der Waals surface area contributed by atoms with Crippen molar-refractivity contribution in [1.82, 2.24) is 9.88 Å². The van der Waals surface area contributed by atoms with Gasteiger partial charge in [0.15, 0.2) is 5.11 Å². The lowest BCUT2D eigenvalue weighted by Gasteiger charge is -2.37. The highest BCUT2D eigenvalue weighted by molar-refractivity contribution is 7.80. The minimum Gasteiger partial charge on any atom is -0.497 e. The van der Waals surface area contributed by atoms with E-state index in [1.54, 1.807) is 32.4 Å². The highest BCUT2D eigenvalue weighted by atomic mass is 35.5. The van der Waals surface area contributed by atoms with Gasteiger partial charge in [-0.15, -0.1) is 0 Å². The molecule has 3 rings (SSSR count). The van der Waals surface area contributed by atoms with Gasteiger partial charge in [-0.1, -0.05) is 11.6 Å². The zero-order valence-electron chi connectivity index (χ0n) is 16.3. The van der Waals surface area contributed by atoms with Crippen molar-refractivity contribution < 1.29 is 22.6 Å². The Balaban J connectivity index is 1.64. The number of halogens is 4. The third-order valence-electron chi connectivity index (χ3n) is 4.66. The van der Waals surface area contributed by atoms with E-state index in [4.69, 9.17) is 33.3 Å². The Morgan fingerprint density at radius 2 is 1.83 bits per heavy atom. The predicted molar refractivity (Wildman–Crippen MR) is 114 cm³/mol. The maximum atomic E-state index is 12.8. The standard InChI is InChI=1S/C19H20ClF3N4O2S/c1-28-13-3-4-16(29-2)15(10-13)25-18(30)27-7-5-26(6-8-27)17-14(20)9-12(11-24-17)19(21,22)23/h3-4,9-11H,5-8H2,1-2H3,(H,25,30). The van der Waals surface area contributed by atoms with Gasteiger partial charge in [0.05, 0.1) is 30.5 Å². The molecule has 1 saturated heterocycles. The monoisotopic (exact) mass is 460 g/mol. The van der Waals surface area contributed by atoms with E-state index in [9.17, 15) is 13.2 Å². The number of aromatic nitrogens is 1. The zero-order chi connectivity index (χ0) is 21.9. The Morgan fingerprint density at radius 1 is 1.13 bits per heavy atom. The summed E-state index contributed by atoms with van der Waals surface area (Å²) in [5.41, 5.74) is -0.191. The fourth-order valence-corrected chi connectivity index (χ4v) is 3.62. The molecule has 0 aliphatic carbocycles. The fraction of sp³-hybridized carbons (Fsp3) is 0.368. The highest BCUT2D eigenvalue weighted by Crippen LogP contribution is 2.34. The summed E-state index contributed by atoms with van der Waals surface area (Å²) in [4.78, 5) is 7.73. The van der Waals surface area contributed by atoms with E-state index in [1.165, 1.54) is 0 Å². The third kappa shape index (κ3) is 4.99. The highest BCUT2D eigenvalue weighted by Gasteiger charge is 2.32. The third-order valence-corrected chi connectivity index (χ3v) is 5.30. The molecule has 0 radical (unpaired) electrons. The van der Waals surface area contributed by atoms with E-state index in [0.29, 0.717) is 54.3 Å². The average Bonchev–Trinajstić information content (AvgIpc) is 2.73. The van der Waals surface area contributed by atoms with E-state index in [-0.39, 0.29) is 5.02 Å². The van der Waals surface area contributed by atoms with E-state index in [2.05, 4.69) is 10.3 Å². The molecule has 0 bridgehead atoms. The van der Waals surface area contributed by atoms with E-state index >= 15 is 0 Å². The summed E-state index contributed by atoms with van der Waals surface area (Å²) in [6.07, 6.45) is -3.68. The lowest BCUT2D eigenvalue weighted by atomic mass is 10.2. The first-order valence-corrected chi connectivity index (χ1v) is 9.77. The van der Waals surface area contributed by atoms with Crippen LogP contribution in [0.3, 0.4) is 0 Å². The molecule has 2 aromatic rings. The van der Waals surface area contributed by atoms with Gasteiger partial charge in [0.25, 0.3) is 0 Å². The molecule has 1 aliphatic heterocycles. The van der Waals surface area contributed by atoms with E-state index < -0.39 is 11.7 Å². The van der Waals surface area contributed by atoms with Crippen LogP contribution in [-0.2, 0) is 6.18 Å². The van der Waals surface area contributed by atoms with Crippen LogP contribution < -0.4 is 19.7 Å². The van der Waals surface area contributed by atoms with E-state index in [1.807, 2.05) is 9.80 Å². The summed E-state index contributed by atoms with van der Waals surface area (Å²) in [5, 5.41) is 3.64. The number of hydrogen-bond acceptors (Lipinski definition) is 5. The average molecular weight is 461 g/mol. The second-order valence-electron chi connectivity index (χ2n) is 6.50. The van der Waals surface area contributed by atoms with Crippen molar-refractivity contribution in [2.75, 3.05) is 50.6 Å². The van der Waals surface area contributed by atoms with Gasteiger partial charge in [-0.25, -0.2) is 4.98 Å². The van der Waals surface area contributed by atoms with Crippen LogP contribution in [0.5, 0.6) is 11.5 Å². The van der Waals surface area contributed by atoms with Gasteiger partial charge >= 0.3 is 6.18 Å². The Bertz CT molecular complexity index is 921. The molecule has 1 aliphatic rings. The van der Waals surface area contributed by atoms with Crippen LogP contribution >= 0.6 is 23.8 Å². The first-order chi connectivity index (χ1) is 14.2. The minimum absolute atomic E-state index is 0.0277. The smallest absolute Gasteiger partial charge is 0.417 e. The molecule has 1 aromatic carbocycles. The minimum atomic E-state index is -4.48. The van der Waals surface area contributed by atoms with Gasteiger partial charge in [0.2, 0.25) is 0 Å². The van der Waals surface area contributed by atoms with Crippen molar-refractivity contribution in [3.05, 3.63) is 41.0 Å². The molecule has 2 heterocycles. The number of thiocarbonyl (C=S) groups is 1. The Morgan fingerprint density at radius 3 is 2.40 bits per heavy atom. The predicted octanol–water partition coefficient (Wildman–Crippen LogP) is 4.29. The number of anilines is 2. The quantitative estimate of drug-likeness (QED) is 0.683. The molecule has 0 saturated carbocycles. The molecule has 11 heteroatoms. The largest absolute Gasteiger partial charge is 0.497 e. The number of piperazine rings is 1. The molecule has 1 N–H and O–H groups in total. The number of benzene rings is 1. The van der Waals surface area contributed by atoms with Crippen LogP contribution in [0.15, 0.2) is 30.5 Å². The molecule has 1 fully saturated rings. The van der Waals surface area contributed by atoms with Crippen molar-refractivity contribution in [2.45, 2.75) is 6.18 Å². The van der Waals surface area contributed by atoms with Crippen molar-refractivity contribution in [3.8, 4) is 11.5 Å². The van der Waals surface area contributed by atoms with Crippen LogP contribution in [0.25, 0.3) is 0 Å². The normalized spacial score (nSPS) is 14.5. The maximum Gasteiger partial charge on any atom is 0.417 e. The number of pyridine rings is 1. The Labute approximate surface area is 182 Å². The molecular weight excluding hydrogens is 441 g/mol. The lowest BCUT2D eigenvalue weighted by Crippen LogP contribution is -2.50. The van der Waals surface area contributed by atoms with Crippen molar-refractivity contribution in [2.24, 2.45) is 0 Å². The van der Waals surface area contributed by atoms with Crippen molar-refractivity contribution in [1.29, 1.82) is 0 Å². The molecule has 162 valence electrons. The van der Waals surface area contributed by atoms with Gasteiger partial charge in [0.1, 0.15) is 17.3 Å². The topological polar surface area (TPSA) is 49.9 Å². The molecule has 0 spiro atoms. The van der Waals surface area contributed by atoms with Crippen LogP contribution in [0.1, 0.15) is 5.56 Å². The number of rotatable bonds is 4. The van der Waals surface area contributed by atoms with Gasteiger partial charge < -0.3 is 24.6 Å². The Kier molecular flexibility index (Phi) is 6.77. The SMILES string of the molecule is COc1ccc(OC)c(NC(=S)N2CCN(c3ncc(C(F)(F)F)cc3Cl)CC2)c1. The van der Waals surface area contributed by atoms with Crippen LogP contribution in [-0.4, -0.2) is 55.4 Å². The number of methoxy groups -OCH3 is 2. The summed E-state index contributed by atoms with van der Waals surface area (Å²) < 4.78 is 49.0. The molecule has 6 nitrogen and oxygen atoms in total. The maximum absolute atomic E-state index is 12.8. The second kappa shape index (κ2) is 9.13. The number of hydrogen-bond donors (Lipinski definition) is 1. The molecule has 1 aromatic heterocycles. The fourth-order valence-electron chi connectivity index (χ4n) is 3.05. The van der Waals surface area contributed by atoms with E-state index in [0.717, 1.165) is 12.3 Å². The summed E-state index contributed by atoms with van der Waals surface area (Å²) in [7, 11) is 3.14. The summed E-state index contributed by atoms with van der Waals surface area (Å²) in [6.45, 7) is 2.12. The molecule has 30 heavy (non-hydrogen) atoms. The van der Waals surface area contributed by atoms with Gasteiger partial charge in [-0.05, 0) is 30.4 Å². The number of nitrogens with one attached hydrogen (secondary N) is 1. The van der Waals surface area contributed by atoms with Crippen LogP contribution in [0, 0.1) is 0 Å². The van der Waals surface area contributed by atoms with Gasteiger partial charge in [-0.3, -0.25) is 0 Å². The first kappa shape index (κ1) is 22.2. The number of nitrogens with zero attached hydrogens (tertiary/aromatic N) is 3. The van der Waals surface area contributed by atoms with Gasteiger partial charge in [-0.2, -0.15) is 13.2 Å².